The highest BCUT2D eigenvalue weighted by molar-refractivity contribution is 7.19. The van der Waals surface area contributed by atoms with Gasteiger partial charge < -0.3 is 8.83 Å². The first-order chi connectivity index (χ1) is 9.35. The lowest BCUT2D eigenvalue weighted by atomic mass is 10.1. The summed E-state index contributed by atoms with van der Waals surface area (Å²) in [6.45, 7) is 0. The topological polar surface area (TPSA) is 73.9 Å². The SMILES string of the molecule is N#Cc1c(-c2ccco2)sc(-c2ccco2)c1C#N. The second kappa shape index (κ2) is 4.49. The fourth-order valence-electron chi connectivity index (χ4n) is 1.81. The van der Waals surface area contributed by atoms with Gasteiger partial charge in [-0.1, -0.05) is 0 Å². The minimum absolute atomic E-state index is 0.328. The molecule has 19 heavy (non-hydrogen) atoms. The van der Waals surface area contributed by atoms with Gasteiger partial charge in [-0.2, -0.15) is 10.5 Å². The summed E-state index contributed by atoms with van der Waals surface area (Å²) in [5.74, 6) is 1.16. The van der Waals surface area contributed by atoms with E-state index in [1.54, 1.807) is 24.3 Å². The first kappa shape index (κ1) is 11.3. The minimum Gasteiger partial charge on any atom is -0.463 e. The average molecular weight is 266 g/mol. The molecule has 0 fully saturated rings. The highest BCUT2D eigenvalue weighted by atomic mass is 32.1. The van der Waals surface area contributed by atoms with Crippen LogP contribution in [0, 0.1) is 22.7 Å². The third kappa shape index (κ3) is 1.74. The quantitative estimate of drug-likeness (QED) is 0.702. The lowest BCUT2D eigenvalue weighted by Gasteiger charge is -1.90. The van der Waals surface area contributed by atoms with Crippen LogP contribution in [0.3, 0.4) is 0 Å². The van der Waals surface area contributed by atoms with Gasteiger partial charge in [0.2, 0.25) is 0 Å². The molecule has 0 saturated heterocycles. The molecule has 0 aromatic carbocycles. The van der Waals surface area contributed by atoms with Gasteiger partial charge in [-0.05, 0) is 24.3 Å². The summed E-state index contributed by atoms with van der Waals surface area (Å²) in [7, 11) is 0. The molecular formula is C14H6N2O2S. The first-order valence-electron chi connectivity index (χ1n) is 5.40. The lowest BCUT2D eigenvalue weighted by molar-refractivity contribution is 0.583. The summed E-state index contributed by atoms with van der Waals surface area (Å²) in [4.78, 5) is 1.30. The monoisotopic (exact) mass is 266 g/mol. The molecule has 3 heterocycles. The summed E-state index contributed by atoms with van der Waals surface area (Å²) in [5.41, 5.74) is 0.655. The fraction of sp³-hybridized carbons (Fsp3) is 0. The smallest absolute Gasteiger partial charge is 0.145 e. The average Bonchev–Trinajstić information content (AvgIpc) is 3.16. The van der Waals surface area contributed by atoms with Crippen molar-refractivity contribution >= 4 is 11.3 Å². The third-order valence-corrected chi connectivity index (χ3v) is 3.84. The van der Waals surface area contributed by atoms with Crippen LogP contribution in [0.15, 0.2) is 45.6 Å². The zero-order valence-electron chi connectivity index (χ0n) is 9.58. The van der Waals surface area contributed by atoms with E-state index in [1.807, 2.05) is 0 Å². The van der Waals surface area contributed by atoms with Gasteiger partial charge in [-0.25, -0.2) is 0 Å². The van der Waals surface area contributed by atoms with Gasteiger partial charge in [0, 0.05) is 0 Å². The summed E-state index contributed by atoms with van der Waals surface area (Å²) < 4.78 is 10.6. The van der Waals surface area contributed by atoms with Crippen LogP contribution in [-0.4, -0.2) is 0 Å². The second-order valence-electron chi connectivity index (χ2n) is 3.69. The van der Waals surface area contributed by atoms with Crippen molar-refractivity contribution in [3.63, 3.8) is 0 Å². The molecule has 4 nitrogen and oxygen atoms in total. The molecule has 0 saturated carbocycles. The lowest BCUT2D eigenvalue weighted by Crippen LogP contribution is -1.80. The zero-order chi connectivity index (χ0) is 13.2. The summed E-state index contributed by atoms with van der Waals surface area (Å²) >= 11 is 1.32. The molecule has 0 amide bonds. The molecule has 3 rings (SSSR count). The fourth-order valence-corrected chi connectivity index (χ4v) is 2.94. The van der Waals surface area contributed by atoms with Crippen molar-refractivity contribution < 1.29 is 8.83 Å². The van der Waals surface area contributed by atoms with Crippen molar-refractivity contribution in [3.8, 4) is 33.4 Å². The van der Waals surface area contributed by atoms with E-state index in [1.165, 1.54) is 23.9 Å². The van der Waals surface area contributed by atoms with E-state index >= 15 is 0 Å². The second-order valence-corrected chi connectivity index (χ2v) is 4.71. The Hall–Kier alpha value is -2.76. The van der Waals surface area contributed by atoms with Gasteiger partial charge in [0.15, 0.2) is 0 Å². The Morgan fingerprint density at radius 1 is 0.842 bits per heavy atom. The van der Waals surface area contributed by atoms with E-state index in [9.17, 15) is 10.5 Å². The van der Waals surface area contributed by atoms with Crippen LogP contribution < -0.4 is 0 Å². The number of thiophene rings is 1. The largest absolute Gasteiger partial charge is 0.463 e. The van der Waals surface area contributed by atoms with Crippen molar-refractivity contribution in [1.82, 2.24) is 0 Å². The van der Waals surface area contributed by atoms with Crippen molar-refractivity contribution in [3.05, 3.63) is 47.9 Å². The predicted molar refractivity (Wildman–Crippen MR) is 69.2 cm³/mol. The number of hydrogen-bond donors (Lipinski definition) is 0. The van der Waals surface area contributed by atoms with E-state index in [-0.39, 0.29) is 0 Å². The van der Waals surface area contributed by atoms with Gasteiger partial charge in [-0.15, -0.1) is 11.3 Å². The zero-order valence-corrected chi connectivity index (χ0v) is 10.4. The molecule has 0 unspecified atom stereocenters. The molecule has 0 atom stereocenters. The van der Waals surface area contributed by atoms with Gasteiger partial charge in [0.05, 0.1) is 33.4 Å². The van der Waals surface area contributed by atoms with Crippen LogP contribution in [0.1, 0.15) is 11.1 Å². The third-order valence-electron chi connectivity index (χ3n) is 2.62. The molecule has 90 valence electrons. The van der Waals surface area contributed by atoms with Crippen molar-refractivity contribution in [2.75, 3.05) is 0 Å². The normalized spacial score (nSPS) is 10.0. The molecular weight excluding hydrogens is 260 g/mol. The van der Waals surface area contributed by atoms with Gasteiger partial charge in [0.1, 0.15) is 23.7 Å². The summed E-state index contributed by atoms with van der Waals surface area (Å²) in [6.07, 6.45) is 3.07. The predicted octanol–water partition coefficient (Wildman–Crippen LogP) is 4.01. The summed E-state index contributed by atoms with van der Waals surface area (Å²) in [6, 6.07) is 11.2. The van der Waals surface area contributed by atoms with Crippen LogP contribution >= 0.6 is 11.3 Å². The van der Waals surface area contributed by atoms with E-state index in [0.717, 1.165) is 0 Å². The molecule has 0 bridgehead atoms. The van der Waals surface area contributed by atoms with Crippen LogP contribution in [0.5, 0.6) is 0 Å². The van der Waals surface area contributed by atoms with Crippen molar-refractivity contribution in [2.45, 2.75) is 0 Å². The van der Waals surface area contributed by atoms with Gasteiger partial charge in [0.25, 0.3) is 0 Å². The first-order valence-corrected chi connectivity index (χ1v) is 6.21. The molecule has 0 radical (unpaired) electrons. The Labute approximate surface area is 112 Å². The van der Waals surface area contributed by atoms with Crippen LogP contribution in [0.2, 0.25) is 0 Å². The van der Waals surface area contributed by atoms with Crippen LogP contribution in [-0.2, 0) is 0 Å². The molecule has 0 aliphatic carbocycles. The molecule has 5 heteroatoms. The number of hydrogen-bond acceptors (Lipinski definition) is 5. The number of nitrogens with zero attached hydrogens (tertiary/aromatic N) is 2. The Balaban J connectivity index is 2.29. The maximum Gasteiger partial charge on any atom is 0.145 e. The maximum atomic E-state index is 9.27. The Bertz CT molecular complexity index is 717. The molecule has 0 spiro atoms. The Morgan fingerprint density at radius 2 is 1.32 bits per heavy atom. The van der Waals surface area contributed by atoms with Crippen molar-refractivity contribution in [1.29, 1.82) is 10.5 Å². The van der Waals surface area contributed by atoms with E-state index in [4.69, 9.17) is 8.83 Å². The van der Waals surface area contributed by atoms with E-state index < -0.39 is 0 Å². The van der Waals surface area contributed by atoms with Crippen LogP contribution in [0.4, 0.5) is 0 Å². The molecule has 3 aromatic heterocycles. The number of furan rings is 2. The van der Waals surface area contributed by atoms with Gasteiger partial charge in [-0.3, -0.25) is 0 Å². The number of nitriles is 2. The van der Waals surface area contributed by atoms with Crippen LogP contribution in [0.25, 0.3) is 21.3 Å². The van der Waals surface area contributed by atoms with E-state index in [0.29, 0.717) is 32.4 Å². The molecule has 3 aromatic rings. The molecule has 0 aliphatic rings. The van der Waals surface area contributed by atoms with E-state index in [2.05, 4.69) is 12.1 Å². The standard InChI is InChI=1S/C14H6N2O2S/c15-7-9-10(8-16)14(12-4-2-6-18-12)19-13(9)11-3-1-5-17-11/h1-6H. The van der Waals surface area contributed by atoms with Crippen molar-refractivity contribution in [2.24, 2.45) is 0 Å². The number of rotatable bonds is 2. The molecule has 0 aliphatic heterocycles. The molecule has 0 N–H and O–H groups in total. The highest BCUT2D eigenvalue weighted by Crippen LogP contribution is 2.41. The maximum absolute atomic E-state index is 9.27. The Kier molecular flexibility index (Phi) is 2.68. The summed E-state index contributed by atoms with van der Waals surface area (Å²) in [5, 5.41) is 18.5. The minimum atomic E-state index is 0.328. The van der Waals surface area contributed by atoms with Gasteiger partial charge >= 0.3 is 0 Å². The Morgan fingerprint density at radius 3 is 1.63 bits per heavy atom. The highest BCUT2D eigenvalue weighted by Gasteiger charge is 2.22.